The van der Waals surface area contributed by atoms with Crippen LogP contribution >= 0.6 is 22.9 Å². The van der Waals surface area contributed by atoms with Crippen molar-refractivity contribution in [3.8, 4) is 0 Å². The first-order chi connectivity index (χ1) is 5.92. The molecule has 1 heterocycles. The molecule has 1 aromatic rings. The van der Waals surface area contributed by atoms with Crippen molar-refractivity contribution in [2.45, 2.75) is 4.21 Å². The summed E-state index contributed by atoms with van der Waals surface area (Å²) in [4.78, 5) is 0. The van der Waals surface area contributed by atoms with Crippen LogP contribution < -0.4 is 11.5 Å². The van der Waals surface area contributed by atoms with Crippen LogP contribution in [-0.4, -0.2) is 14.4 Å². The van der Waals surface area contributed by atoms with Gasteiger partial charge in [-0.05, 0) is 12.1 Å². The van der Waals surface area contributed by atoms with Gasteiger partial charge in [-0.15, -0.1) is 15.7 Å². The zero-order valence-electron chi connectivity index (χ0n) is 6.27. The summed E-state index contributed by atoms with van der Waals surface area (Å²) in [6.07, 6.45) is 0. The fourth-order valence-corrected chi connectivity index (χ4v) is 2.94. The lowest BCUT2D eigenvalue weighted by molar-refractivity contribution is 0.600. The van der Waals surface area contributed by atoms with Crippen LogP contribution in [0.5, 0.6) is 0 Å². The van der Waals surface area contributed by atoms with Crippen LogP contribution in [0.1, 0.15) is 0 Å². The van der Waals surface area contributed by atoms with E-state index in [9.17, 15) is 8.42 Å². The average Bonchev–Trinajstić information content (AvgIpc) is 2.32. The second-order valence-corrected chi connectivity index (χ2v) is 5.60. The number of hydrogen-bond acceptors (Lipinski definition) is 3. The summed E-state index contributed by atoms with van der Waals surface area (Å²) in [7, 11) is -3.77. The van der Waals surface area contributed by atoms with E-state index in [-0.39, 0.29) is 4.21 Å². The maximum absolute atomic E-state index is 11.3. The van der Waals surface area contributed by atoms with Gasteiger partial charge in [-0.3, -0.25) is 0 Å². The number of hydrogen-bond donors (Lipinski definition) is 2. The molecule has 13 heavy (non-hydrogen) atoms. The molecule has 4 N–H and O–H groups in total. The van der Waals surface area contributed by atoms with Gasteiger partial charge in [0, 0.05) is 0 Å². The number of guanidine groups is 1. The maximum atomic E-state index is 11.3. The predicted octanol–water partition coefficient (Wildman–Crippen LogP) is 0.364. The van der Waals surface area contributed by atoms with Crippen LogP contribution in [0.3, 0.4) is 0 Å². The van der Waals surface area contributed by atoms with Crippen LogP contribution in [0, 0.1) is 0 Å². The van der Waals surface area contributed by atoms with E-state index in [1.54, 1.807) is 0 Å². The Morgan fingerprint density at radius 1 is 1.46 bits per heavy atom. The third-order valence-electron chi connectivity index (χ3n) is 1.03. The molecule has 0 radical (unpaired) electrons. The van der Waals surface area contributed by atoms with E-state index in [1.807, 2.05) is 0 Å². The maximum Gasteiger partial charge on any atom is 0.295 e. The Labute approximate surface area is 84.1 Å². The molecule has 8 heteroatoms. The van der Waals surface area contributed by atoms with Crippen LogP contribution in [0.15, 0.2) is 20.7 Å². The molecule has 0 saturated heterocycles. The Morgan fingerprint density at radius 3 is 2.46 bits per heavy atom. The number of rotatable bonds is 2. The molecule has 0 aliphatic rings. The smallest absolute Gasteiger partial charge is 0.295 e. The first-order valence-electron chi connectivity index (χ1n) is 3.03. The molecule has 0 spiro atoms. The normalized spacial score (nSPS) is 11.2. The molecule has 0 bridgehead atoms. The van der Waals surface area contributed by atoms with E-state index in [0.717, 1.165) is 11.3 Å². The quantitative estimate of drug-likeness (QED) is 0.575. The zero-order chi connectivity index (χ0) is 10.1. The highest BCUT2D eigenvalue weighted by molar-refractivity contribution is 7.92. The van der Waals surface area contributed by atoms with E-state index in [0.29, 0.717) is 4.34 Å². The Kier molecular flexibility index (Phi) is 2.79. The molecule has 0 amide bonds. The standard InChI is InChI=1S/C5H6ClN3O2S2/c6-3-1-2-4(12-3)13(10,11)9-5(7)8/h1-2H,(H4,7,8,9). The highest BCUT2D eigenvalue weighted by Crippen LogP contribution is 2.26. The number of nitrogens with zero attached hydrogens (tertiary/aromatic N) is 1. The molecule has 1 aromatic heterocycles. The summed E-state index contributed by atoms with van der Waals surface area (Å²) >= 11 is 6.44. The number of halogens is 1. The average molecular weight is 240 g/mol. The molecule has 0 fully saturated rings. The minimum absolute atomic E-state index is 0.0194. The van der Waals surface area contributed by atoms with Crippen LogP contribution in [0.25, 0.3) is 0 Å². The van der Waals surface area contributed by atoms with E-state index >= 15 is 0 Å². The van der Waals surface area contributed by atoms with Gasteiger partial charge in [0.15, 0.2) is 0 Å². The summed E-state index contributed by atoms with van der Waals surface area (Å²) in [6.45, 7) is 0. The zero-order valence-corrected chi connectivity index (χ0v) is 8.66. The van der Waals surface area contributed by atoms with Crippen molar-refractivity contribution in [2.24, 2.45) is 15.9 Å². The van der Waals surface area contributed by atoms with Gasteiger partial charge in [0.2, 0.25) is 5.96 Å². The van der Waals surface area contributed by atoms with Gasteiger partial charge in [0.25, 0.3) is 10.0 Å². The van der Waals surface area contributed by atoms with Gasteiger partial charge < -0.3 is 11.5 Å². The third kappa shape index (κ3) is 2.58. The van der Waals surface area contributed by atoms with Crippen LogP contribution in [0.4, 0.5) is 0 Å². The number of nitrogens with two attached hydrogens (primary N) is 2. The lowest BCUT2D eigenvalue weighted by Crippen LogP contribution is -2.24. The molecule has 0 aromatic carbocycles. The Balaban J connectivity index is 3.16. The molecule has 0 aliphatic heterocycles. The Morgan fingerprint density at radius 2 is 2.08 bits per heavy atom. The van der Waals surface area contributed by atoms with Crippen molar-refractivity contribution in [1.82, 2.24) is 0 Å². The van der Waals surface area contributed by atoms with E-state index in [1.165, 1.54) is 12.1 Å². The van der Waals surface area contributed by atoms with Gasteiger partial charge in [-0.2, -0.15) is 8.42 Å². The van der Waals surface area contributed by atoms with Crippen molar-refractivity contribution >= 4 is 38.9 Å². The molecule has 0 atom stereocenters. The molecule has 72 valence electrons. The monoisotopic (exact) mass is 239 g/mol. The summed E-state index contributed by atoms with van der Waals surface area (Å²) in [5, 5.41) is 0. The first-order valence-corrected chi connectivity index (χ1v) is 5.66. The minimum atomic E-state index is -3.77. The number of sulfonamides is 1. The summed E-state index contributed by atoms with van der Waals surface area (Å²) in [5.41, 5.74) is 9.89. The van der Waals surface area contributed by atoms with Crippen molar-refractivity contribution in [2.75, 3.05) is 0 Å². The Bertz CT molecular complexity index is 432. The second kappa shape index (κ2) is 3.52. The molecular weight excluding hydrogens is 234 g/mol. The SMILES string of the molecule is NC(N)=NS(=O)(=O)c1ccc(Cl)s1. The van der Waals surface area contributed by atoms with E-state index in [2.05, 4.69) is 4.40 Å². The fraction of sp³-hybridized carbons (Fsp3) is 0. The van der Waals surface area contributed by atoms with Gasteiger partial charge >= 0.3 is 0 Å². The lowest BCUT2D eigenvalue weighted by atomic mass is 10.7. The molecule has 5 nitrogen and oxygen atoms in total. The van der Waals surface area contributed by atoms with Crippen molar-refractivity contribution in [1.29, 1.82) is 0 Å². The Hall–Kier alpha value is -0.790. The van der Waals surface area contributed by atoms with Gasteiger partial charge in [-0.25, -0.2) is 0 Å². The van der Waals surface area contributed by atoms with Gasteiger partial charge in [-0.1, -0.05) is 11.6 Å². The summed E-state index contributed by atoms with van der Waals surface area (Å²) in [5.74, 6) is -0.496. The predicted molar refractivity (Wildman–Crippen MR) is 52.3 cm³/mol. The fourth-order valence-electron chi connectivity index (χ4n) is 0.620. The van der Waals surface area contributed by atoms with E-state index in [4.69, 9.17) is 23.1 Å². The highest BCUT2D eigenvalue weighted by Gasteiger charge is 2.15. The minimum Gasteiger partial charge on any atom is -0.369 e. The molecule has 0 unspecified atom stereocenters. The first kappa shape index (κ1) is 10.3. The lowest BCUT2D eigenvalue weighted by Gasteiger charge is -1.93. The number of thiophene rings is 1. The molecule has 0 saturated carbocycles. The van der Waals surface area contributed by atoms with Gasteiger partial charge in [0.05, 0.1) is 4.34 Å². The van der Waals surface area contributed by atoms with Crippen molar-refractivity contribution in [3.63, 3.8) is 0 Å². The topological polar surface area (TPSA) is 98.5 Å². The largest absolute Gasteiger partial charge is 0.369 e. The van der Waals surface area contributed by atoms with Crippen LogP contribution in [-0.2, 0) is 10.0 Å². The summed E-state index contributed by atoms with van der Waals surface area (Å²) in [6, 6.07) is 2.80. The van der Waals surface area contributed by atoms with Crippen molar-refractivity contribution < 1.29 is 8.42 Å². The third-order valence-corrected chi connectivity index (χ3v) is 4.03. The molecule has 1 rings (SSSR count). The highest BCUT2D eigenvalue weighted by atomic mass is 35.5. The van der Waals surface area contributed by atoms with E-state index < -0.39 is 16.0 Å². The van der Waals surface area contributed by atoms with Crippen LogP contribution in [0.2, 0.25) is 4.34 Å². The summed E-state index contributed by atoms with van der Waals surface area (Å²) < 4.78 is 26.0. The molecule has 0 aliphatic carbocycles. The second-order valence-electron chi connectivity index (χ2n) is 2.05. The van der Waals surface area contributed by atoms with Crippen molar-refractivity contribution in [3.05, 3.63) is 16.5 Å². The molecular formula is C5H6ClN3O2S2. The van der Waals surface area contributed by atoms with Gasteiger partial charge in [0.1, 0.15) is 4.21 Å².